The molecule has 0 aliphatic heterocycles. The number of thiazole rings is 1. The Labute approximate surface area is 161 Å². The molecule has 26 heavy (non-hydrogen) atoms. The van der Waals surface area contributed by atoms with Crippen molar-refractivity contribution in [2.45, 2.75) is 13.5 Å². The lowest BCUT2D eigenvalue weighted by Gasteiger charge is -2.05. The second-order valence-electron chi connectivity index (χ2n) is 5.29. The van der Waals surface area contributed by atoms with Gasteiger partial charge in [-0.05, 0) is 43.3 Å². The Balaban J connectivity index is 1.73. The molecule has 0 fully saturated rings. The lowest BCUT2D eigenvalue weighted by atomic mass is 10.1. The van der Waals surface area contributed by atoms with Crippen molar-refractivity contribution in [2.24, 2.45) is 0 Å². The number of benzene rings is 2. The van der Waals surface area contributed by atoms with E-state index in [0.717, 1.165) is 20.6 Å². The van der Waals surface area contributed by atoms with Gasteiger partial charge in [0.2, 0.25) is 0 Å². The van der Waals surface area contributed by atoms with Gasteiger partial charge in [0, 0.05) is 20.5 Å². The van der Waals surface area contributed by atoms with Gasteiger partial charge in [-0.15, -0.1) is 11.3 Å². The summed E-state index contributed by atoms with van der Waals surface area (Å²) in [6, 6.07) is 13.2. The number of carbonyl (C=O) groups excluding carboxylic acids is 1. The number of aromatic nitrogens is 1. The van der Waals surface area contributed by atoms with Gasteiger partial charge in [0.05, 0.1) is 5.69 Å². The zero-order valence-corrected chi connectivity index (χ0v) is 15.9. The van der Waals surface area contributed by atoms with E-state index in [1.807, 2.05) is 31.2 Å². The second-order valence-corrected chi connectivity index (χ2v) is 7.41. The first-order chi connectivity index (χ1) is 12.4. The molecule has 0 unspecified atom stereocenters. The van der Waals surface area contributed by atoms with Crippen LogP contribution in [-0.2, 0) is 0 Å². The summed E-state index contributed by atoms with van der Waals surface area (Å²) >= 11 is 4.76. The number of hydrogen-bond donors (Lipinski definition) is 1. The summed E-state index contributed by atoms with van der Waals surface area (Å²) in [4.78, 5) is 17.8. The molecule has 0 saturated carbocycles. The standard InChI is InChI=1S/C18H13BrF2N2O2S/c1-10-15(11-2-6-13(19)7-3-11)22-18(26-10)23-16(24)12-4-8-14(9-5-12)25-17(20)21/h2-9,17H,1H3,(H,22,23,24). The van der Waals surface area contributed by atoms with Crippen molar-refractivity contribution >= 4 is 38.3 Å². The predicted octanol–water partition coefficient (Wildman–Crippen LogP) is 5.73. The molecule has 1 heterocycles. The van der Waals surface area contributed by atoms with Crippen LogP contribution in [0, 0.1) is 6.92 Å². The van der Waals surface area contributed by atoms with Crippen LogP contribution >= 0.6 is 27.3 Å². The molecule has 0 spiro atoms. The van der Waals surface area contributed by atoms with Gasteiger partial charge in [-0.25, -0.2) is 4.98 Å². The monoisotopic (exact) mass is 438 g/mol. The fourth-order valence-electron chi connectivity index (χ4n) is 2.28. The normalized spacial score (nSPS) is 10.8. The number of rotatable bonds is 5. The highest BCUT2D eigenvalue weighted by Gasteiger charge is 2.14. The van der Waals surface area contributed by atoms with Crippen molar-refractivity contribution in [3.63, 3.8) is 0 Å². The van der Waals surface area contributed by atoms with E-state index in [9.17, 15) is 13.6 Å². The van der Waals surface area contributed by atoms with Gasteiger partial charge < -0.3 is 4.74 Å². The topological polar surface area (TPSA) is 51.2 Å². The van der Waals surface area contributed by atoms with Gasteiger partial charge in [0.1, 0.15) is 5.75 Å². The molecule has 3 rings (SSSR count). The molecule has 0 atom stereocenters. The van der Waals surface area contributed by atoms with Crippen molar-refractivity contribution in [1.29, 1.82) is 0 Å². The maximum Gasteiger partial charge on any atom is 0.387 e. The molecule has 1 aromatic heterocycles. The summed E-state index contributed by atoms with van der Waals surface area (Å²) < 4.78 is 29.6. The van der Waals surface area contributed by atoms with E-state index in [4.69, 9.17) is 0 Å². The molecule has 3 aromatic rings. The van der Waals surface area contributed by atoms with Gasteiger partial charge >= 0.3 is 6.61 Å². The van der Waals surface area contributed by atoms with Crippen LogP contribution in [0.4, 0.5) is 13.9 Å². The summed E-state index contributed by atoms with van der Waals surface area (Å²) in [6.45, 7) is -0.966. The number of anilines is 1. The quantitative estimate of drug-likeness (QED) is 0.552. The average molecular weight is 439 g/mol. The SMILES string of the molecule is Cc1sc(NC(=O)c2ccc(OC(F)F)cc2)nc1-c1ccc(Br)cc1. The third-order valence-corrected chi connectivity index (χ3v) is 4.89. The number of aryl methyl sites for hydroxylation is 1. The Kier molecular flexibility index (Phi) is 5.63. The van der Waals surface area contributed by atoms with Gasteiger partial charge in [0.25, 0.3) is 5.91 Å². The third kappa shape index (κ3) is 4.44. The fourth-order valence-corrected chi connectivity index (χ4v) is 3.38. The number of nitrogens with one attached hydrogen (secondary N) is 1. The van der Waals surface area contributed by atoms with E-state index in [1.165, 1.54) is 35.6 Å². The molecule has 0 aliphatic rings. The molecule has 1 N–H and O–H groups in total. The van der Waals surface area contributed by atoms with Crippen molar-refractivity contribution in [3.05, 3.63) is 63.4 Å². The number of amides is 1. The van der Waals surface area contributed by atoms with E-state index in [0.29, 0.717) is 10.7 Å². The summed E-state index contributed by atoms with van der Waals surface area (Å²) in [7, 11) is 0. The first-order valence-corrected chi connectivity index (χ1v) is 9.13. The minimum Gasteiger partial charge on any atom is -0.435 e. The van der Waals surface area contributed by atoms with Crippen molar-refractivity contribution < 1.29 is 18.3 Å². The second kappa shape index (κ2) is 7.92. The average Bonchev–Trinajstić information content (AvgIpc) is 2.96. The Morgan fingerprint density at radius 3 is 2.42 bits per heavy atom. The Morgan fingerprint density at radius 1 is 1.15 bits per heavy atom. The molecular formula is C18H13BrF2N2O2S. The van der Waals surface area contributed by atoms with Crippen LogP contribution in [0.15, 0.2) is 53.0 Å². The van der Waals surface area contributed by atoms with Crippen molar-refractivity contribution in [2.75, 3.05) is 5.32 Å². The first-order valence-electron chi connectivity index (χ1n) is 7.52. The van der Waals surface area contributed by atoms with E-state index in [1.54, 1.807) is 0 Å². The van der Waals surface area contributed by atoms with Crippen LogP contribution in [-0.4, -0.2) is 17.5 Å². The predicted molar refractivity (Wildman–Crippen MR) is 101 cm³/mol. The number of nitrogens with zero attached hydrogens (tertiary/aromatic N) is 1. The van der Waals surface area contributed by atoms with Gasteiger partial charge in [0.15, 0.2) is 5.13 Å². The Bertz CT molecular complexity index is 912. The van der Waals surface area contributed by atoms with Crippen LogP contribution in [0.1, 0.15) is 15.2 Å². The van der Waals surface area contributed by atoms with Crippen molar-refractivity contribution in [1.82, 2.24) is 4.98 Å². The first kappa shape index (κ1) is 18.5. The minimum atomic E-state index is -2.90. The highest BCUT2D eigenvalue weighted by Crippen LogP contribution is 2.31. The minimum absolute atomic E-state index is 0.000771. The molecule has 0 aliphatic carbocycles. The number of hydrogen-bond acceptors (Lipinski definition) is 4. The van der Waals surface area contributed by atoms with Crippen LogP contribution in [0.25, 0.3) is 11.3 Å². The van der Waals surface area contributed by atoms with Crippen LogP contribution in [0.5, 0.6) is 5.75 Å². The molecular weight excluding hydrogens is 426 g/mol. The van der Waals surface area contributed by atoms with Crippen LogP contribution < -0.4 is 10.1 Å². The van der Waals surface area contributed by atoms with E-state index >= 15 is 0 Å². The summed E-state index contributed by atoms with van der Waals surface area (Å²) in [5.41, 5.74) is 2.08. The van der Waals surface area contributed by atoms with E-state index < -0.39 is 6.61 Å². The largest absolute Gasteiger partial charge is 0.435 e. The molecule has 1 amide bonds. The summed E-state index contributed by atoms with van der Waals surface area (Å²) in [6.07, 6.45) is 0. The van der Waals surface area contributed by atoms with E-state index in [2.05, 4.69) is 31.0 Å². The molecule has 8 heteroatoms. The maximum atomic E-state index is 12.3. The highest BCUT2D eigenvalue weighted by molar-refractivity contribution is 9.10. The van der Waals surface area contributed by atoms with Crippen LogP contribution in [0.2, 0.25) is 0 Å². The zero-order chi connectivity index (χ0) is 18.7. The Morgan fingerprint density at radius 2 is 1.81 bits per heavy atom. The number of ether oxygens (including phenoxy) is 1. The molecule has 134 valence electrons. The fraction of sp³-hybridized carbons (Fsp3) is 0.111. The highest BCUT2D eigenvalue weighted by atomic mass is 79.9. The molecule has 0 bridgehead atoms. The van der Waals surface area contributed by atoms with Gasteiger partial charge in [-0.1, -0.05) is 28.1 Å². The van der Waals surface area contributed by atoms with Gasteiger partial charge in [-0.3, -0.25) is 10.1 Å². The molecule has 0 saturated heterocycles. The number of carbonyl (C=O) groups is 1. The van der Waals surface area contributed by atoms with E-state index in [-0.39, 0.29) is 11.7 Å². The summed E-state index contributed by atoms with van der Waals surface area (Å²) in [5, 5.41) is 3.20. The molecule has 0 radical (unpaired) electrons. The van der Waals surface area contributed by atoms with Gasteiger partial charge in [-0.2, -0.15) is 8.78 Å². The molecule has 4 nitrogen and oxygen atoms in total. The third-order valence-electron chi connectivity index (χ3n) is 3.48. The number of alkyl halides is 2. The maximum absolute atomic E-state index is 12.3. The lowest BCUT2D eigenvalue weighted by molar-refractivity contribution is -0.0498. The lowest BCUT2D eigenvalue weighted by Crippen LogP contribution is -2.11. The number of halogens is 3. The van der Waals surface area contributed by atoms with Crippen molar-refractivity contribution in [3.8, 4) is 17.0 Å². The Hall–Kier alpha value is -2.32. The molecule has 2 aromatic carbocycles. The zero-order valence-electron chi connectivity index (χ0n) is 13.5. The summed E-state index contributed by atoms with van der Waals surface area (Å²) in [5.74, 6) is -0.371. The van der Waals surface area contributed by atoms with Crippen LogP contribution in [0.3, 0.4) is 0 Å². The smallest absolute Gasteiger partial charge is 0.387 e.